The van der Waals surface area contributed by atoms with Crippen LogP contribution in [0.5, 0.6) is 0 Å². The van der Waals surface area contributed by atoms with Gasteiger partial charge in [0, 0.05) is 38.9 Å². The van der Waals surface area contributed by atoms with Gasteiger partial charge in [-0.05, 0) is 39.2 Å². The number of piperazine rings is 1. The summed E-state index contributed by atoms with van der Waals surface area (Å²) in [7, 11) is 1.68. The quantitative estimate of drug-likeness (QED) is 0.736. The number of methoxy groups -OCH3 is 1. The number of carbonyl (C=O) groups is 1. The van der Waals surface area contributed by atoms with Crippen molar-refractivity contribution in [2.24, 2.45) is 5.73 Å². The highest BCUT2D eigenvalue weighted by Gasteiger charge is 2.37. The van der Waals surface area contributed by atoms with Crippen molar-refractivity contribution in [2.45, 2.75) is 50.7 Å². The second-order valence-corrected chi connectivity index (χ2v) is 5.87. The molecule has 0 aliphatic carbocycles. The molecule has 0 bridgehead atoms. The van der Waals surface area contributed by atoms with Crippen LogP contribution in [0.1, 0.15) is 32.6 Å². The molecule has 2 heterocycles. The second-order valence-electron chi connectivity index (χ2n) is 5.87. The second kappa shape index (κ2) is 6.68. The zero-order valence-electron chi connectivity index (χ0n) is 12.2. The lowest BCUT2D eigenvalue weighted by atomic mass is 10.0. The van der Waals surface area contributed by atoms with Crippen LogP contribution in [0, 0.1) is 0 Å². The molecule has 1 amide bonds. The molecule has 0 radical (unpaired) electrons. The Hall–Kier alpha value is -0.650. The molecule has 5 nitrogen and oxygen atoms in total. The van der Waals surface area contributed by atoms with Crippen molar-refractivity contribution in [1.82, 2.24) is 9.80 Å². The molecule has 0 aromatic heterocycles. The van der Waals surface area contributed by atoms with Crippen LogP contribution in [0.2, 0.25) is 0 Å². The zero-order valence-corrected chi connectivity index (χ0v) is 12.2. The van der Waals surface area contributed by atoms with Crippen LogP contribution in [0.25, 0.3) is 0 Å². The first-order valence-electron chi connectivity index (χ1n) is 7.42. The predicted molar refractivity (Wildman–Crippen MR) is 74.9 cm³/mol. The van der Waals surface area contributed by atoms with Crippen molar-refractivity contribution in [3.05, 3.63) is 0 Å². The molecule has 110 valence electrons. The summed E-state index contributed by atoms with van der Waals surface area (Å²) in [5, 5.41) is 0. The molecule has 19 heavy (non-hydrogen) atoms. The summed E-state index contributed by atoms with van der Waals surface area (Å²) >= 11 is 0. The zero-order chi connectivity index (χ0) is 13.8. The van der Waals surface area contributed by atoms with E-state index in [0.29, 0.717) is 19.1 Å². The van der Waals surface area contributed by atoms with Crippen molar-refractivity contribution in [1.29, 1.82) is 0 Å². The van der Waals surface area contributed by atoms with Gasteiger partial charge in [-0.3, -0.25) is 9.69 Å². The number of fused-ring (bicyclic) bond motifs is 1. The first-order valence-corrected chi connectivity index (χ1v) is 7.42. The third kappa shape index (κ3) is 3.46. The van der Waals surface area contributed by atoms with Crippen molar-refractivity contribution in [3.63, 3.8) is 0 Å². The van der Waals surface area contributed by atoms with Crippen LogP contribution in [0.4, 0.5) is 0 Å². The number of rotatable bonds is 5. The van der Waals surface area contributed by atoms with Crippen LogP contribution >= 0.6 is 0 Å². The predicted octanol–water partition coefficient (Wildman–Crippen LogP) is 0.435. The molecule has 3 unspecified atom stereocenters. The van der Waals surface area contributed by atoms with Gasteiger partial charge in [0.05, 0.1) is 6.04 Å². The Balaban J connectivity index is 1.87. The fourth-order valence-corrected chi connectivity index (χ4v) is 3.28. The summed E-state index contributed by atoms with van der Waals surface area (Å²) in [6, 6.07) is 0.479. The van der Waals surface area contributed by atoms with Gasteiger partial charge in [-0.1, -0.05) is 0 Å². The van der Waals surface area contributed by atoms with Crippen LogP contribution in [-0.2, 0) is 9.53 Å². The largest absolute Gasteiger partial charge is 0.385 e. The number of hydrogen-bond acceptors (Lipinski definition) is 4. The lowest BCUT2D eigenvalue weighted by Crippen LogP contribution is -2.59. The van der Waals surface area contributed by atoms with Crippen molar-refractivity contribution >= 4 is 5.91 Å². The van der Waals surface area contributed by atoms with Gasteiger partial charge in [0.25, 0.3) is 0 Å². The minimum absolute atomic E-state index is 0.121. The fraction of sp³-hybridized carbons (Fsp3) is 0.929. The van der Waals surface area contributed by atoms with E-state index in [4.69, 9.17) is 10.5 Å². The van der Waals surface area contributed by atoms with E-state index < -0.39 is 0 Å². The molecule has 3 atom stereocenters. The first kappa shape index (κ1) is 14.8. The minimum Gasteiger partial charge on any atom is -0.385 e. The lowest BCUT2D eigenvalue weighted by molar-refractivity contribution is -0.138. The highest BCUT2D eigenvalue weighted by molar-refractivity contribution is 5.82. The summed E-state index contributed by atoms with van der Waals surface area (Å²) in [5.74, 6) is 0.121. The molecule has 2 saturated heterocycles. The summed E-state index contributed by atoms with van der Waals surface area (Å²) in [5.41, 5.74) is 6.03. The maximum Gasteiger partial charge on any atom is 0.239 e. The smallest absolute Gasteiger partial charge is 0.239 e. The molecule has 0 aromatic carbocycles. The van der Waals surface area contributed by atoms with Crippen LogP contribution in [-0.4, -0.2) is 67.2 Å². The summed E-state index contributed by atoms with van der Waals surface area (Å²) in [4.78, 5) is 17.0. The molecule has 2 aliphatic heterocycles. The minimum atomic E-state index is -0.370. The number of nitrogens with two attached hydrogens (primary N) is 1. The van der Waals surface area contributed by atoms with Gasteiger partial charge in [0.1, 0.15) is 0 Å². The van der Waals surface area contributed by atoms with Crippen molar-refractivity contribution < 1.29 is 9.53 Å². The van der Waals surface area contributed by atoms with Gasteiger partial charge < -0.3 is 15.4 Å². The summed E-state index contributed by atoms with van der Waals surface area (Å²) < 4.78 is 5.01. The number of hydrogen-bond donors (Lipinski definition) is 1. The number of ether oxygens (including phenoxy) is 1. The van der Waals surface area contributed by atoms with Crippen LogP contribution < -0.4 is 5.73 Å². The van der Waals surface area contributed by atoms with Gasteiger partial charge in [-0.25, -0.2) is 0 Å². The van der Waals surface area contributed by atoms with E-state index in [-0.39, 0.29) is 18.0 Å². The third-order valence-electron chi connectivity index (χ3n) is 4.40. The Morgan fingerprint density at radius 3 is 3.00 bits per heavy atom. The molecule has 2 aliphatic rings. The molecule has 5 heteroatoms. The fourth-order valence-electron chi connectivity index (χ4n) is 3.28. The van der Waals surface area contributed by atoms with E-state index in [2.05, 4.69) is 11.8 Å². The molecular formula is C14H27N3O2. The SMILES string of the molecule is COCCCC(N)C(=O)N1CC2CCCN2CC1C. The summed E-state index contributed by atoms with van der Waals surface area (Å²) in [6.45, 7) is 5.86. The Morgan fingerprint density at radius 1 is 1.47 bits per heavy atom. The Bertz CT molecular complexity index is 311. The molecule has 2 rings (SSSR count). The van der Waals surface area contributed by atoms with Crippen molar-refractivity contribution in [2.75, 3.05) is 33.4 Å². The normalized spacial score (nSPS) is 29.3. The van der Waals surface area contributed by atoms with E-state index in [1.54, 1.807) is 7.11 Å². The number of amides is 1. The van der Waals surface area contributed by atoms with E-state index in [1.165, 1.54) is 19.4 Å². The van der Waals surface area contributed by atoms with Crippen LogP contribution in [0.15, 0.2) is 0 Å². The highest BCUT2D eigenvalue weighted by atomic mass is 16.5. The maximum absolute atomic E-state index is 12.4. The number of carbonyl (C=O) groups excluding carboxylic acids is 1. The highest BCUT2D eigenvalue weighted by Crippen LogP contribution is 2.25. The Labute approximate surface area is 116 Å². The lowest BCUT2D eigenvalue weighted by Gasteiger charge is -2.43. The molecule has 0 spiro atoms. The van der Waals surface area contributed by atoms with Gasteiger partial charge >= 0.3 is 0 Å². The van der Waals surface area contributed by atoms with E-state index in [1.807, 2.05) is 4.90 Å². The van der Waals surface area contributed by atoms with Crippen LogP contribution in [0.3, 0.4) is 0 Å². The monoisotopic (exact) mass is 269 g/mol. The Morgan fingerprint density at radius 2 is 2.26 bits per heavy atom. The molecular weight excluding hydrogens is 242 g/mol. The van der Waals surface area contributed by atoms with E-state index in [9.17, 15) is 4.79 Å². The summed E-state index contributed by atoms with van der Waals surface area (Å²) in [6.07, 6.45) is 4.04. The first-order chi connectivity index (χ1) is 9.13. The third-order valence-corrected chi connectivity index (χ3v) is 4.40. The molecule has 0 saturated carbocycles. The standard InChI is InChI=1S/C14H27N3O2/c1-11-9-16-7-3-5-12(16)10-17(11)14(18)13(15)6-4-8-19-2/h11-13H,3-10,15H2,1-2H3. The molecule has 0 aromatic rings. The van der Waals surface area contributed by atoms with E-state index in [0.717, 1.165) is 19.5 Å². The van der Waals surface area contributed by atoms with Crippen molar-refractivity contribution in [3.8, 4) is 0 Å². The van der Waals surface area contributed by atoms with Gasteiger partial charge in [0.15, 0.2) is 0 Å². The van der Waals surface area contributed by atoms with E-state index >= 15 is 0 Å². The average molecular weight is 269 g/mol. The van der Waals surface area contributed by atoms with Gasteiger partial charge in [0.2, 0.25) is 5.91 Å². The Kier molecular flexibility index (Phi) is 5.19. The molecule has 2 fully saturated rings. The van der Waals surface area contributed by atoms with Gasteiger partial charge in [-0.2, -0.15) is 0 Å². The molecule has 2 N–H and O–H groups in total. The topological polar surface area (TPSA) is 58.8 Å². The maximum atomic E-state index is 12.4. The van der Waals surface area contributed by atoms with Gasteiger partial charge in [-0.15, -0.1) is 0 Å². The average Bonchev–Trinajstić information content (AvgIpc) is 2.84. The number of nitrogens with zero attached hydrogens (tertiary/aromatic N) is 2.